The number of amides is 1. The fraction of sp³-hybridized carbons (Fsp3) is 0.417. The smallest absolute Gasteiger partial charge is 0.261 e. The van der Waals surface area contributed by atoms with E-state index in [1.54, 1.807) is 11.9 Å². The average Bonchev–Trinajstić information content (AvgIpc) is 2.35. The highest BCUT2D eigenvalue weighted by atomic mass is 35.7. The predicted octanol–water partition coefficient (Wildman–Crippen LogP) is 2.48. The van der Waals surface area contributed by atoms with Gasteiger partial charge in [-0.3, -0.25) is 4.79 Å². The van der Waals surface area contributed by atoms with Gasteiger partial charge in [0, 0.05) is 29.3 Å². The molecule has 0 saturated heterocycles. The quantitative estimate of drug-likeness (QED) is 0.800. The van der Waals surface area contributed by atoms with Gasteiger partial charge in [0.2, 0.25) is 0 Å². The summed E-state index contributed by atoms with van der Waals surface area (Å²) in [4.78, 5) is 13.7. The zero-order chi connectivity index (χ0) is 13.9. The highest BCUT2D eigenvalue weighted by molar-refractivity contribution is 8.13. The molecule has 0 aliphatic heterocycles. The van der Waals surface area contributed by atoms with E-state index in [2.05, 4.69) is 0 Å². The number of carbonyl (C=O) groups is 1. The molecule has 1 amide bonds. The van der Waals surface area contributed by atoms with Crippen LogP contribution in [0.3, 0.4) is 0 Å². The van der Waals surface area contributed by atoms with Gasteiger partial charge in [-0.25, -0.2) is 8.42 Å². The largest absolute Gasteiger partial charge is 0.339 e. The monoisotopic (exact) mass is 289 g/mol. The highest BCUT2D eigenvalue weighted by Gasteiger charge is 2.17. The molecule has 0 heterocycles. The lowest BCUT2D eigenvalue weighted by atomic mass is 10.1. The number of carbonyl (C=O) groups excluding carboxylic acids is 1. The normalized spacial score (nSPS) is 13.1. The van der Waals surface area contributed by atoms with Gasteiger partial charge in [-0.2, -0.15) is 0 Å². The summed E-state index contributed by atoms with van der Waals surface area (Å²) in [6.07, 6.45) is 0.858. The molecule has 0 bridgehead atoms. The summed E-state index contributed by atoms with van der Waals surface area (Å²) in [5.41, 5.74) is 0.446. The van der Waals surface area contributed by atoms with Gasteiger partial charge in [-0.1, -0.05) is 6.92 Å². The SMILES string of the molecule is CCC(C)N(C)C(=O)c1ccc(S(=O)(=O)Cl)cc1. The zero-order valence-corrected chi connectivity index (χ0v) is 12.1. The van der Waals surface area contributed by atoms with Gasteiger partial charge >= 0.3 is 0 Å². The lowest BCUT2D eigenvalue weighted by molar-refractivity contribution is 0.0740. The number of rotatable bonds is 4. The predicted molar refractivity (Wildman–Crippen MR) is 71.3 cm³/mol. The van der Waals surface area contributed by atoms with Crippen molar-refractivity contribution in [1.82, 2.24) is 4.90 Å². The minimum Gasteiger partial charge on any atom is -0.339 e. The summed E-state index contributed by atoms with van der Waals surface area (Å²) in [5, 5.41) is 0. The number of hydrogen-bond donors (Lipinski definition) is 0. The molecule has 0 aliphatic rings. The Bertz CT molecular complexity index is 525. The molecule has 1 rings (SSSR count). The van der Waals surface area contributed by atoms with Crippen molar-refractivity contribution in [3.05, 3.63) is 29.8 Å². The Morgan fingerprint density at radius 2 is 1.83 bits per heavy atom. The molecule has 0 aliphatic carbocycles. The molecule has 1 aromatic carbocycles. The Hall–Kier alpha value is -1.07. The lowest BCUT2D eigenvalue weighted by Crippen LogP contribution is -2.34. The maximum atomic E-state index is 12.0. The third-order valence-electron chi connectivity index (χ3n) is 2.96. The first-order valence-electron chi connectivity index (χ1n) is 5.59. The molecule has 0 spiro atoms. The Morgan fingerprint density at radius 3 is 2.22 bits per heavy atom. The second kappa shape index (κ2) is 5.71. The zero-order valence-electron chi connectivity index (χ0n) is 10.6. The number of benzene rings is 1. The summed E-state index contributed by atoms with van der Waals surface area (Å²) in [6, 6.07) is 5.74. The van der Waals surface area contributed by atoms with Crippen molar-refractivity contribution < 1.29 is 13.2 Å². The summed E-state index contributed by atoms with van der Waals surface area (Å²) in [5.74, 6) is -0.136. The minimum absolute atomic E-state index is 0.00749. The first-order chi connectivity index (χ1) is 8.27. The molecule has 0 radical (unpaired) electrons. The van der Waals surface area contributed by atoms with Gasteiger partial charge in [0.1, 0.15) is 0 Å². The van der Waals surface area contributed by atoms with Crippen LogP contribution in [0.5, 0.6) is 0 Å². The molecule has 1 unspecified atom stereocenters. The topological polar surface area (TPSA) is 54.5 Å². The van der Waals surface area contributed by atoms with E-state index in [0.717, 1.165) is 6.42 Å². The van der Waals surface area contributed by atoms with E-state index in [9.17, 15) is 13.2 Å². The van der Waals surface area contributed by atoms with Crippen LogP contribution >= 0.6 is 10.7 Å². The van der Waals surface area contributed by atoms with E-state index in [0.29, 0.717) is 5.56 Å². The van der Waals surface area contributed by atoms with Gasteiger partial charge in [0.25, 0.3) is 15.0 Å². The van der Waals surface area contributed by atoms with Gasteiger partial charge in [0.15, 0.2) is 0 Å². The Balaban J connectivity index is 2.96. The maximum absolute atomic E-state index is 12.0. The Kier molecular flexibility index (Phi) is 4.76. The van der Waals surface area contributed by atoms with Crippen molar-refractivity contribution in [1.29, 1.82) is 0 Å². The van der Waals surface area contributed by atoms with Gasteiger partial charge in [0.05, 0.1) is 4.90 Å². The van der Waals surface area contributed by atoms with Crippen LogP contribution in [0.4, 0.5) is 0 Å². The van der Waals surface area contributed by atoms with Crippen LogP contribution in [0.1, 0.15) is 30.6 Å². The number of nitrogens with zero attached hydrogens (tertiary/aromatic N) is 1. The van der Waals surface area contributed by atoms with Crippen molar-refractivity contribution in [3.63, 3.8) is 0 Å². The van der Waals surface area contributed by atoms with E-state index in [1.807, 2.05) is 13.8 Å². The Labute approximate surface area is 112 Å². The van der Waals surface area contributed by atoms with Gasteiger partial charge < -0.3 is 4.90 Å². The molecule has 100 valence electrons. The van der Waals surface area contributed by atoms with E-state index in [4.69, 9.17) is 10.7 Å². The van der Waals surface area contributed by atoms with Crippen LogP contribution in [0.2, 0.25) is 0 Å². The number of halogens is 1. The average molecular weight is 290 g/mol. The van der Waals surface area contributed by atoms with Crippen LogP contribution in [0.15, 0.2) is 29.2 Å². The van der Waals surface area contributed by atoms with Crippen LogP contribution in [0, 0.1) is 0 Å². The van der Waals surface area contributed by atoms with Crippen molar-refractivity contribution in [2.24, 2.45) is 0 Å². The van der Waals surface area contributed by atoms with Crippen LogP contribution in [0.25, 0.3) is 0 Å². The van der Waals surface area contributed by atoms with Crippen LogP contribution in [-0.4, -0.2) is 32.3 Å². The van der Waals surface area contributed by atoms with Crippen molar-refractivity contribution in [3.8, 4) is 0 Å². The molecule has 18 heavy (non-hydrogen) atoms. The van der Waals surface area contributed by atoms with Crippen LogP contribution in [-0.2, 0) is 9.05 Å². The highest BCUT2D eigenvalue weighted by Crippen LogP contribution is 2.16. The molecule has 0 fully saturated rings. The summed E-state index contributed by atoms with van der Waals surface area (Å²) in [6.45, 7) is 3.95. The van der Waals surface area contributed by atoms with E-state index in [1.165, 1.54) is 24.3 Å². The Morgan fingerprint density at radius 1 is 1.33 bits per heavy atom. The minimum atomic E-state index is -3.74. The second-order valence-electron chi connectivity index (χ2n) is 4.14. The van der Waals surface area contributed by atoms with Gasteiger partial charge in [-0.15, -0.1) is 0 Å². The third-order valence-corrected chi connectivity index (χ3v) is 4.32. The molecular formula is C12H16ClNO3S. The molecule has 0 saturated carbocycles. The van der Waals surface area contributed by atoms with Gasteiger partial charge in [-0.05, 0) is 37.6 Å². The lowest BCUT2D eigenvalue weighted by Gasteiger charge is -2.23. The molecule has 6 heteroatoms. The summed E-state index contributed by atoms with van der Waals surface area (Å²) >= 11 is 0. The van der Waals surface area contributed by atoms with E-state index in [-0.39, 0.29) is 16.8 Å². The van der Waals surface area contributed by atoms with Crippen LogP contribution < -0.4 is 0 Å². The number of hydrogen-bond acceptors (Lipinski definition) is 3. The van der Waals surface area contributed by atoms with Crippen molar-refractivity contribution in [2.75, 3.05) is 7.05 Å². The molecular weight excluding hydrogens is 274 g/mol. The second-order valence-corrected chi connectivity index (χ2v) is 6.70. The van der Waals surface area contributed by atoms with Crippen molar-refractivity contribution in [2.45, 2.75) is 31.2 Å². The molecule has 1 atom stereocenters. The summed E-state index contributed by atoms with van der Waals surface area (Å²) < 4.78 is 22.1. The molecule has 1 aromatic rings. The van der Waals surface area contributed by atoms with E-state index >= 15 is 0 Å². The van der Waals surface area contributed by atoms with Crippen molar-refractivity contribution >= 4 is 25.6 Å². The fourth-order valence-electron chi connectivity index (χ4n) is 1.44. The first-order valence-corrected chi connectivity index (χ1v) is 7.90. The maximum Gasteiger partial charge on any atom is 0.261 e. The molecule has 4 nitrogen and oxygen atoms in total. The fourth-order valence-corrected chi connectivity index (χ4v) is 2.21. The molecule has 0 aromatic heterocycles. The molecule has 0 N–H and O–H groups in total. The third kappa shape index (κ3) is 3.46. The van der Waals surface area contributed by atoms with E-state index < -0.39 is 9.05 Å². The standard InChI is InChI=1S/C12H16ClNO3S/c1-4-9(2)14(3)12(15)10-5-7-11(8-6-10)18(13,16)17/h5-9H,4H2,1-3H3. The first kappa shape index (κ1) is 15.0. The summed E-state index contributed by atoms with van der Waals surface area (Å²) in [7, 11) is 3.19.